The van der Waals surface area contributed by atoms with Crippen LogP contribution in [0.1, 0.15) is 17.3 Å². The van der Waals surface area contributed by atoms with Gasteiger partial charge in [0.25, 0.3) is 0 Å². The summed E-state index contributed by atoms with van der Waals surface area (Å²) in [5.41, 5.74) is 0.971. The number of hydrogen-bond acceptors (Lipinski definition) is 4. The number of rotatable bonds is 4. The molecule has 8 rings (SSSR count). The molecule has 0 spiro atoms. The molecule has 1 aliphatic heterocycles. The molecule has 0 saturated heterocycles. The fraction of sp³-hybridized carbons (Fsp3) is 0.0541. The third kappa shape index (κ3) is 5.77. The van der Waals surface area contributed by atoms with Crippen molar-refractivity contribution in [1.29, 1.82) is 0 Å². The first-order valence-electron chi connectivity index (χ1n) is 17.2. The summed E-state index contributed by atoms with van der Waals surface area (Å²) < 4.78 is 6.30. The Morgan fingerprint density at radius 2 is 0.807 bits per heavy atom. The first-order valence-corrected chi connectivity index (χ1v) is 17.2. The lowest BCUT2D eigenvalue weighted by molar-refractivity contribution is 0.271. The zero-order valence-electron chi connectivity index (χ0n) is 30.2. The van der Waals surface area contributed by atoms with E-state index in [0.29, 0.717) is 11.3 Å². The van der Waals surface area contributed by atoms with Gasteiger partial charge in [-0.3, -0.25) is 0 Å². The van der Waals surface area contributed by atoms with Gasteiger partial charge in [-0.2, -0.15) is 0 Å². The number of ether oxygens (including phenoxy) is 1. The Bertz CT molecular complexity index is 2820. The number of para-hydroxylation sites is 1. The Hall–Kier alpha value is -4.31. The van der Waals surface area contributed by atoms with Crippen molar-refractivity contribution >= 4 is 229 Å². The van der Waals surface area contributed by atoms with E-state index in [1.54, 1.807) is 0 Å². The molecule has 4 nitrogen and oxygen atoms in total. The molecule has 57 heavy (non-hydrogen) atoms. The van der Waals surface area contributed by atoms with Gasteiger partial charge in [0.05, 0.1) is 5.92 Å². The second kappa shape index (κ2) is 14.2. The Kier molecular flexibility index (Phi) is 9.85. The maximum Gasteiger partial charge on any atom is 0.164 e. The van der Waals surface area contributed by atoms with Gasteiger partial charge >= 0.3 is 0 Å². The average Bonchev–Trinajstić information content (AvgIpc) is 3.59. The van der Waals surface area contributed by atoms with Gasteiger partial charge < -0.3 is 4.74 Å². The first kappa shape index (κ1) is 39.5. The fourth-order valence-corrected chi connectivity index (χ4v) is 7.63. The molecule has 0 bridgehead atoms. The summed E-state index contributed by atoms with van der Waals surface area (Å²) in [6, 6.07) is 7.64. The normalized spacial score (nSPS) is 15.6. The molecular weight excluding hydrogens is 675 g/mol. The predicted molar refractivity (Wildman–Crippen MR) is 251 cm³/mol. The predicted octanol–water partition coefficient (Wildman–Crippen LogP) is -10.8. The van der Waals surface area contributed by atoms with E-state index >= 15 is 0 Å². The summed E-state index contributed by atoms with van der Waals surface area (Å²) in [4.78, 5) is 14.8. The molecule has 2 aliphatic rings. The molecule has 32 radical (unpaired) electrons. The second-order valence-corrected chi connectivity index (χ2v) is 13.8. The van der Waals surface area contributed by atoms with Gasteiger partial charge in [-0.15, -0.1) is 43.7 Å². The van der Waals surface area contributed by atoms with Crippen LogP contribution < -0.4 is 92.1 Å². The van der Waals surface area contributed by atoms with Crippen LogP contribution in [0.3, 0.4) is 0 Å². The number of nitrogens with zero attached hydrogens (tertiary/aromatic N) is 3. The zero-order valence-corrected chi connectivity index (χ0v) is 30.2. The average molecular weight is 684 g/mol. The van der Waals surface area contributed by atoms with E-state index in [1.807, 2.05) is 42.5 Å². The number of hydrogen-bond donors (Lipinski definition) is 0. The largest absolute Gasteiger partial charge is 0.485 e. The molecule has 20 heteroatoms. The third-order valence-electron chi connectivity index (χ3n) is 10.7. The lowest BCUT2D eigenvalue weighted by Crippen LogP contribution is -2.56. The van der Waals surface area contributed by atoms with Crippen LogP contribution in [-0.4, -0.2) is 147 Å². The van der Waals surface area contributed by atoms with Crippen molar-refractivity contribution < 1.29 is 4.74 Å². The Balaban J connectivity index is 1.53. The van der Waals surface area contributed by atoms with Gasteiger partial charge in [0, 0.05) is 22.3 Å². The molecule has 2 atom stereocenters. The van der Waals surface area contributed by atoms with Crippen LogP contribution >= 0.6 is 0 Å². The van der Waals surface area contributed by atoms with Crippen molar-refractivity contribution in [3.8, 4) is 39.7 Å². The van der Waals surface area contributed by atoms with Gasteiger partial charge in [-0.1, -0.05) is 74.1 Å². The molecule has 1 aromatic heterocycles. The summed E-state index contributed by atoms with van der Waals surface area (Å²) in [5, 5.41) is 0.253. The SMILES string of the molecule is [B]c1c([B])c([B])c(-c2nc(C3=CC=CC4Oc5ccccc5C34)nc(-c3c([B])c([B])c([B])c4c(-c5c([B])c([B])c([B])c([B])c5[B])c([B])c([B])c([B])c34)n2)c([B])c1[B]. The maximum absolute atomic E-state index is 6.86. The van der Waals surface area contributed by atoms with Gasteiger partial charge in [0.15, 0.2) is 17.5 Å². The standard InChI is InChI=1S/C37H9B16N3O/c38-19-13-14(16-22(41)29(48)33(52)30(49)23(16)42)20(39)27(46)21(40)15(13)17(24(43)28(19)47)36-54-35(9-5-3-7-11-12(9)8-4-1-2-6-10(8)57-11)55-37(56-36)18-25(44)31(50)34(53)32(51)26(18)45/h1-7,11-12H. The first-order chi connectivity index (χ1) is 27.0. The van der Waals surface area contributed by atoms with Crippen LogP contribution in [0.15, 0.2) is 42.5 Å². The summed E-state index contributed by atoms with van der Waals surface area (Å²) in [6.45, 7) is 0. The summed E-state index contributed by atoms with van der Waals surface area (Å²) in [6.07, 6.45) is 5.24. The van der Waals surface area contributed by atoms with Crippen molar-refractivity contribution in [2.75, 3.05) is 0 Å². The minimum atomic E-state index is -0.390. The third-order valence-corrected chi connectivity index (χ3v) is 10.7. The van der Waals surface area contributed by atoms with E-state index in [-0.39, 0.29) is 144 Å². The maximum atomic E-state index is 6.86. The van der Waals surface area contributed by atoms with Crippen molar-refractivity contribution in [1.82, 2.24) is 15.0 Å². The van der Waals surface area contributed by atoms with Crippen LogP contribution in [0, 0.1) is 0 Å². The highest BCUT2D eigenvalue weighted by Gasteiger charge is 2.38. The van der Waals surface area contributed by atoms with Crippen LogP contribution in [0.5, 0.6) is 5.75 Å². The molecule has 2 unspecified atom stereocenters. The molecular formula is C37H9B16N3O. The molecule has 2 heterocycles. The molecule has 226 valence electrons. The molecule has 6 aromatic rings. The van der Waals surface area contributed by atoms with E-state index in [4.69, 9.17) is 145 Å². The Morgan fingerprint density at radius 3 is 1.37 bits per heavy atom. The van der Waals surface area contributed by atoms with E-state index < -0.39 is 6.10 Å². The van der Waals surface area contributed by atoms with Crippen LogP contribution in [0.25, 0.3) is 50.2 Å². The van der Waals surface area contributed by atoms with Gasteiger partial charge in [-0.25, -0.2) is 15.0 Å². The van der Waals surface area contributed by atoms with Gasteiger partial charge in [0.2, 0.25) is 0 Å². The van der Waals surface area contributed by atoms with Crippen LogP contribution in [-0.2, 0) is 0 Å². The lowest BCUT2D eigenvalue weighted by Gasteiger charge is -2.29. The molecule has 0 saturated carbocycles. The highest BCUT2D eigenvalue weighted by molar-refractivity contribution is 6.73. The summed E-state index contributed by atoms with van der Waals surface area (Å²) >= 11 is 0. The van der Waals surface area contributed by atoms with E-state index in [1.165, 1.54) is 0 Å². The summed E-state index contributed by atoms with van der Waals surface area (Å²) in [7, 11) is 104. The molecule has 0 amide bonds. The van der Waals surface area contributed by atoms with Crippen LogP contribution in [0.2, 0.25) is 0 Å². The molecule has 0 N–H and O–H groups in total. The van der Waals surface area contributed by atoms with Gasteiger partial charge in [-0.05, 0) is 34.0 Å². The zero-order chi connectivity index (χ0) is 41.1. The number of allylic oxidation sites excluding steroid dienone is 2. The quantitative estimate of drug-likeness (QED) is 0.173. The summed E-state index contributed by atoms with van der Waals surface area (Å²) in [5.74, 6) is 0.385. The molecule has 0 fully saturated rings. The van der Waals surface area contributed by atoms with Crippen molar-refractivity contribution in [3.05, 3.63) is 53.9 Å². The van der Waals surface area contributed by atoms with E-state index in [2.05, 4.69) is 0 Å². The van der Waals surface area contributed by atoms with E-state index in [9.17, 15) is 0 Å². The highest BCUT2D eigenvalue weighted by atomic mass is 16.5. The highest BCUT2D eigenvalue weighted by Crippen LogP contribution is 2.47. The van der Waals surface area contributed by atoms with Crippen molar-refractivity contribution in [2.24, 2.45) is 0 Å². The second-order valence-electron chi connectivity index (χ2n) is 13.8. The number of fused-ring (bicyclic) bond motifs is 4. The molecule has 1 aliphatic carbocycles. The van der Waals surface area contributed by atoms with Crippen molar-refractivity contribution in [2.45, 2.75) is 12.0 Å². The lowest BCUT2D eigenvalue weighted by atomic mass is 9.56. The molecule has 5 aromatic carbocycles. The van der Waals surface area contributed by atoms with Crippen LogP contribution in [0.4, 0.5) is 0 Å². The Morgan fingerprint density at radius 1 is 0.404 bits per heavy atom. The Labute approximate surface area is 352 Å². The minimum absolute atomic E-state index is 0.0108. The monoisotopic (exact) mass is 687 g/mol. The number of benzene rings is 5. The minimum Gasteiger partial charge on any atom is -0.485 e. The van der Waals surface area contributed by atoms with Gasteiger partial charge in [0.1, 0.15) is 137 Å². The topological polar surface area (TPSA) is 47.9 Å². The number of aromatic nitrogens is 3. The fourth-order valence-electron chi connectivity index (χ4n) is 7.63. The smallest absolute Gasteiger partial charge is 0.164 e. The van der Waals surface area contributed by atoms with E-state index in [0.717, 1.165) is 5.56 Å². The van der Waals surface area contributed by atoms with Crippen molar-refractivity contribution in [3.63, 3.8) is 0 Å².